The van der Waals surface area contributed by atoms with Crippen LogP contribution in [0, 0.1) is 11.8 Å². The van der Waals surface area contributed by atoms with Gasteiger partial charge >= 0.3 is 12.0 Å². The van der Waals surface area contributed by atoms with Gasteiger partial charge in [-0.25, -0.2) is 4.79 Å². The number of hydrogen-bond acceptors (Lipinski definition) is 4. The molecular formula is C19H25N3O5. The minimum atomic E-state index is -0.870. The van der Waals surface area contributed by atoms with E-state index in [-0.39, 0.29) is 24.4 Å². The Labute approximate surface area is 157 Å². The first-order valence-corrected chi connectivity index (χ1v) is 9.23. The molecule has 0 bridgehead atoms. The van der Waals surface area contributed by atoms with Gasteiger partial charge in [0.05, 0.1) is 5.92 Å². The van der Waals surface area contributed by atoms with E-state index in [1.165, 1.54) is 0 Å². The Kier molecular flexibility index (Phi) is 5.95. The summed E-state index contributed by atoms with van der Waals surface area (Å²) in [6, 6.07) is 6.50. The van der Waals surface area contributed by atoms with Crippen LogP contribution in [0.15, 0.2) is 24.3 Å². The standard InChI is InChI=1S/C19H25N3O5/c1-12-9-13(18(24)25)11-22(10-12)19(26)21-15-6-4-14(5-7-15)20-17(23)16-3-2-8-27-16/h4-7,12-13,16H,2-3,8-11H2,1H3,(H,20,23)(H,21,26)(H,24,25). The number of carbonyl (C=O) groups excluding carboxylic acids is 2. The zero-order valence-electron chi connectivity index (χ0n) is 15.3. The Morgan fingerprint density at radius 3 is 2.37 bits per heavy atom. The number of carboxylic acid groups (broad SMARTS) is 1. The van der Waals surface area contributed by atoms with E-state index >= 15 is 0 Å². The van der Waals surface area contributed by atoms with Gasteiger partial charge in [-0.05, 0) is 49.4 Å². The number of amides is 3. The minimum Gasteiger partial charge on any atom is -0.481 e. The van der Waals surface area contributed by atoms with Crippen LogP contribution < -0.4 is 10.6 Å². The quantitative estimate of drug-likeness (QED) is 0.749. The summed E-state index contributed by atoms with van der Waals surface area (Å²) >= 11 is 0. The normalized spacial score (nSPS) is 25.1. The van der Waals surface area contributed by atoms with E-state index < -0.39 is 18.0 Å². The van der Waals surface area contributed by atoms with Crippen LogP contribution in [0.5, 0.6) is 0 Å². The maximum Gasteiger partial charge on any atom is 0.321 e. The summed E-state index contributed by atoms with van der Waals surface area (Å²) in [6.45, 7) is 3.30. The van der Waals surface area contributed by atoms with E-state index in [4.69, 9.17) is 4.74 Å². The van der Waals surface area contributed by atoms with E-state index in [9.17, 15) is 19.5 Å². The molecule has 0 saturated carbocycles. The lowest BCUT2D eigenvalue weighted by atomic mass is 9.91. The Morgan fingerprint density at radius 2 is 1.78 bits per heavy atom. The highest BCUT2D eigenvalue weighted by Gasteiger charge is 2.32. The lowest BCUT2D eigenvalue weighted by Crippen LogP contribution is -2.47. The van der Waals surface area contributed by atoms with Gasteiger partial charge in [0.1, 0.15) is 6.10 Å². The van der Waals surface area contributed by atoms with Crippen molar-refractivity contribution in [3.05, 3.63) is 24.3 Å². The molecule has 0 aliphatic carbocycles. The van der Waals surface area contributed by atoms with Gasteiger partial charge in [0.15, 0.2) is 0 Å². The molecule has 3 amide bonds. The predicted octanol–water partition coefficient (Wildman–Crippen LogP) is 2.38. The topological polar surface area (TPSA) is 108 Å². The summed E-state index contributed by atoms with van der Waals surface area (Å²) in [5.74, 6) is -1.42. The number of urea groups is 1. The third kappa shape index (κ3) is 4.97. The number of hydrogen-bond donors (Lipinski definition) is 3. The van der Waals surface area contributed by atoms with Crippen LogP contribution in [0.25, 0.3) is 0 Å². The molecule has 2 heterocycles. The van der Waals surface area contributed by atoms with Gasteiger partial charge in [-0.2, -0.15) is 0 Å². The second-order valence-corrected chi connectivity index (χ2v) is 7.28. The molecule has 3 unspecified atom stereocenters. The fourth-order valence-corrected chi connectivity index (χ4v) is 3.54. The number of rotatable bonds is 4. The minimum absolute atomic E-state index is 0.140. The first-order chi connectivity index (χ1) is 12.9. The SMILES string of the molecule is CC1CC(C(=O)O)CN(C(=O)Nc2ccc(NC(=O)C3CCCO3)cc2)C1. The fraction of sp³-hybridized carbons (Fsp3) is 0.526. The van der Waals surface area contributed by atoms with Crippen molar-refractivity contribution in [2.75, 3.05) is 30.3 Å². The number of piperidine rings is 1. The van der Waals surface area contributed by atoms with Gasteiger partial charge in [0.25, 0.3) is 5.91 Å². The van der Waals surface area contributed by atoms with Gasteiger partial charge in [0, 0.05) is 31.1 Å². The summed E-state index contributed by atoms with van der Waals surface area (Å²) in [6.07, 6.45) is 1.80. The smallest absolute Gasteiger partial charge is 0.321 e. The van der Waals surface area contributed by atoms with Crippen molar-refractivity contribution in [1.29, 1.82) is 0 Å². The molecule has 27 heavy (non-hydrogen) atoms. The number of benzene rings is 1. The lowest BCUT2D eigenvalue weighted by Gasteiger charge is -2.34. The highest BCUT2D eigenvalue weighted by atomic mass is 16.5. The van der Waals surface area contributed by atoms with Crippen molar-refractivity contribution < 1.29 is 24.2 Å². The van der Waals surface area contributed by atoms with Crippen molar-refractivity contribution in [3.63, 3.8) is 0 Å². The molecule has 3 atom stereocenters. The molecule has 3 rings (SSSR count). The molecule has 8 heteroatoms. The predicted molar refractivity (Wildman–Crippen MR) is 99.5 cm³/mol. The average molecular weight is 375 g/mol. The van der Waals surface area contributed by atoms with Gasteiger partial charge in [-0.3, -0.25) is 9.59 Å². The number of ether oxygens (including phenoxy) is 1. The van der Waals surface area contributed by atoms with Crippen LogP contribution in [0.1, 0.15) is 26.2 Å². The molecule has 0 radical (unpaired) electrons. The molecule has 2 saturated heterocycles. The summed E-state index contributed by atoms with van der Waals surface area (Å²) in [5, 5.41) is 14.8. The first kappa shape index (κ1) is 19.2. The fourth-order valence-electron chi connectivity index (χ4n) is 3.54. The van der Waals surface area contributed by atoms with Gasteiger partial charge in [-0.15, -0.1) is 0 Å². The number of aliphatic carboxylic acids is 1. The largest absolute Gasteiger partial charge is 0.481 e. The third-order valence-corrected chi connectivity index (χ3v) is 4.92. The summed E-state index contributed by atoms with van der Waals surface area (Å²) < 4.78 is 5.35. The van der Waals surface area contributed by atoms with Crippen molar-refractivity contribution in [2.24, 2.45) is 11.8 Å². The molecule has 146 valence electrons. The second-order valence-electron chi connectivity index (χ2n) is 7.28. The highest BCUT2D eigenvalue weighted by molar-refractivity contribution is 5.95. The third-order valence-electron chi connectivity index (χ3n) is 4.92. The molecule has 3 N–H and O–H groups in total. The number of nitrogens with one attached hydrogen (secondary N) is 2. The maximum absolute atomic E-state index is 12.5. The van der Waals surface area contributed by atoms with E-state index in [0.29, 0.717) is 30.9 Å². The van der Waals surface area contributed by atoms with Crippen LogP contribution in [0.2, 0.25) is 0 Å². The van der Waals surface area contributed by atoms with Crippen LogP contribution in [0.3, 0.4) is 0 Å². The average Bonchev–Trinajstić information content (AvgIpc) is 3.17. The molecule has 8 nitrogen and oxygen atoms in total. The highest BCUT2D eigenvalue weighted by Crippen LogP contribution is 2.23. The molecular weight excluding hydrogens is 350 g/mol. The van der Waals surface area contributed by atoms with Gasteiger partial charge in [0.2, 0.25) is 0 Å². The number of carbonyl (C=O) groups is 3. The Bertz CT molecular complexity index is 700. The van der Waals surface area contributed by atoms with Crippen molar-refractivity contribution in [1.82, 2.24) is 4.90 Å². The molecule has 0 aromatic heterocycles. The Balaban J connectivity index is 1.55. The molecule has 1 aromatic rings. The van der Waals surface area contributed by atoms with E-state index in [1.54, 1.807) is 29.2 Å². The van der Waals surface area contributed by atoms with Gasteiger partial charge < -0.3 is 25.4 Å². The monoisotopic (exact) mass is 375 g/mol. The molecule has 0 spiro atoms. The number of anilines is 2. The Morgan fingerprint density at radius 1 is 1.11 bits per heavy atom. The zero-order valence-corrected chi connectivity index (χ0v) is 15.3. The second kappa shape index (κ2) is 8.39. The van der Waals surface area contributed by atoms with E-state index in [0.717, 1.165) is 12.8 Å². The number of nitrogens with zero attached hydrogens (tertiary/aromatic N) is 1. The van der Waals surface area contributed by atoms with Crippen molar-refractivity contribution in [2.45, 2.75) is 32.3 Å². The summed E-state index contributed by atoms with van der Waals surface area (Å²) in [4.78, 5) is 37.3. The maximum atomic E-state index is 12.5. The van der Waals surface area contributed by atoms with Crippen molar-refractivity contribution >= 4 is 29.3 Å². The van der Waals surface area contributed by atoms with Crippen LogP contribution >= 0.6 is 0 Å². The lowest BCUT2D eigenvalue weighted by molar-refractivity contribution is -0.143. The Hall–Kier alpha value is -2.61. The van der Waals surface area contributed by atoms with Crippen molar-refractivity contribution in [3.8, 4) is 0 Å². The van der Waals surface area contributed by atoms with Crippen LogP contribution in [-0.2, 0) is 14.3 Å². The number of carboxylic acids is 1. The van der Waals surface area contributed by atoms with Crippen LogP contribution in [0.4, 0.5) is 16.2 Å². The first-order valence-electron chi connectivity index (χ1n) is 9.23. The summed E-state index contributed by atoms with van der Waals surface area (Å²) in [7, 11) is 0. The zero-order chi connectivity index (χ0) is 19.4. The van der Waals surface area contributed by atoms with E-state index in [1.807, 2.05) is 6.92 Å². The molecule has 2 aliphatic rings. The molecule has 1 aromatic carbocycles. The number of likely N-dealkylation sites (tertiary alicyclic amines) is 1. The van der Waals surface area contributed by atoms with Crippen LogP contribution in [-0.4, -0.2) is 53.7 Å². The summed E-state index contributed by atoms with van der Waals surface area (Å²) in [5.41, 5.74) is 1.21. The molecule has 2 fully saturated rings. The van der Waals surface area contributed by atoms with Gasteiger partial charge in [-0.1, -0.05) is 6.92 Å². The van der Waals surface area contributed by atoms with E-state index in [2.05, 4.69) is 10.6 Å². The molecule has 2 aliphatic heterocycles.